The lowest BCUT2D eigenvalue weighted by Crippen LogP contribution is -2.26. The molecule has 2 aromatic rings. The Bertz CT molecular complexity index is 601. The quantitative estimate of drug-likeness (QED) is 0.869. The van der Waals surface area contributed by atoms with Gasteiger partial charge in [0.15, 0.2) is 0 Å². The molecule has 0 aliphatic carbocycles. The molecule has 0 unspecified atom stereocenters. The normalized spacial score (nSPS) is 10.9. The fourth-order valence-electron chi connectivity index (χ4n) is 2.18. The molecule has 0 spiro atoms. The van der Waals surface area contributed by atoms with Gasteiger partial charge in [-0.3, -0.25) is 0 Å². The van der Waals surface area contributed by atoms with Crippen LogP contribution < -0.4 is 10.6 Å². The smallest absolute Gasteiger partial charge is 0.257 e. The number of hydrogen-bond acceptors (Lipinski definition) is 6. The lowest BCUT2D eigenvalue weighted by atomic mass is 10.3. The van der Waals surface area contributed by atoms with Gasteiger partial charge in [-0.1, -0.05) is 13.8 Å². The zero-order valence-electron chi connectivity index (χ0n) is 13.2. The minimum Gasteiger partial charge on any atom is -0.368 e. The molecule has 0 saturated heterocycles. The maximum atomic E-state index is 5.84. The van der Waals surface area contributed by atoms with Crippen molar-refractivity contribution in [1.29, 1.82) is 0 Å². The third-order valence-electron chi connectivity index (χ3n) is 3.42. The van der Waals surface area contributed by atoms with Gasteiger partial charge in [0.05, 0.1) is 5.69 Å². The molecule has 0 aromatic carbocycles. The maximum absolute atomic E-state index is 5.84. The van der Waals surface area contributed by atoms with Gasteiger partial charge in [-0.05, 0) is 32.8 Å². The van der Waals surface area contributed by atoms with E-state index < -0.39 is 0 Å². The summed E-state index contributed by atoms with van der Waals surface area (Å²) in [5.41, 5.74) is 7.94. The maximum Gasteiger partial charge on any atom is 0.257 e. The molecule has 2 rings (SSSR count). The average molecular weight is 289 g/mol. The van der Waals surface area contributed by atoms with Crippen molar-refractivity contribution >= 4 is 11.9 Å². The Morgan fingerprint density at radius 3 is 2.33 bits per heavy atom. The summed E-state index contributed by atoms with van der Waals surface area (Å²) in [6.45, 7) is 9.92. The average Bonchev–Trinajstić information content (AvgIpc) is 2.91. The molecular weight excluding hydrogens is 266 g/mol. The molecule has 0 aliphatic rings. The number of rotatable bonds is 6. The number of nitrogen functional groups attached to an aromatic ring is 1. The number of nitrogens with two attached hydrogens (primary N) is 1. The van der Waals surface area contributed by atoms with Crippen LogP contribution in [0.15, 0.2) is 6.07 Å². The first kappa shape index (κ1) is 15.2. The topological polar surface area (TPSA) is 85.8 Å². The molecule has 0 aliphatic heterocycles. The zero-order chi connectivity index (χ0) is 15.4. The molecule has 2 aromatic heterocycles. The summed E-state index contributed by atoms with van der Waals surface area (Å²) in [7, 11) is 0. The molecule has 7 nitrogen and oxygen atoms in total. The molecular formula is C14H23N7. The summed E-state index contributed by atoms with van der Waals surface area (Å²) in [6.07, 6.45) is 1.74. The van der Waals surface area contributed by atoms with Gasteiger partial charge >= 0.3 is 0 Å². The number of aryl methyl sites for hydroxylation is 2. The number of aromatic nitrogens is 5. The van der Waals surface area contributed by atoms with Crippen molar-refractivity contribution in [2.45, 2.75) is 40.5 Å². The van der Waals surface area contributed by atoms with Crippen molar-refractivity contribution < 1.29 is 0 Å². The van der Waals surface area contributed by atoms with E-state index in [1.54, 1.807) is 4.68 Å². The Kier molecular flexibility index (Phi) is 4.72. The summed E-state index contributed by atoms with van der Waals surface area (Å²) in [4.78, 5) is 15.0. The highest BCUT2D eigenvalue weighted by atomic mass is 15.4. The van der Waals surface area contributed by atoms with Gasteiger partial charge in [0.2, 0.25) is 11.9 Å². The Morgan fingerprint density at radius 1 is 1.05 bits per heavy atom. The Balaban J connectivity index is 2.51. The fourth-order valence-corrected chi connectivity index (χ4v) is 2.18. The van der Waals surface area contributed by atoms with Crippen LogP contribution in [0.5, 0.6) is 0 Å². The highest BCUT2D eigenvalue weighted by molar-refractivity contribution is 5.38. The summed E-state index contributed by atoms with van der Waals surface area (Å²) >= 11 is 0. The second-order valence-electron chi connectivity index (χ2n) is 4.71. The second-order valence-corrected chi connectivity index (χ2v) is 4.71. The van der Waals surface area contributed by atoms with Crippen LogP contribution in [0.4, 0.5) is 11.9 Å². The molecule has 0 fully saturated rings. The van der Waals surface area contributed by atoms with Gasteiger partial charge in [-0.2, -0.15) is 20.1 Å². The van der Waals surface area contributed by atoms with E-state index in [4.69, 9.17) is 5.73 Å². The Morgan fingerprint density at radius 2 is 1.76 bits per heavy atom. The van der Waals surface area contributed by atoms with E-state index in [1.165, 1.54) is 0 Å². The first-order chi connectivity index (χ1) is 10.1. The van der Waals surface area contributed by atoms with Crippen LogP contribution in [0.2, 0.25) is 0 Å². The molecule has 2 N–H and O–H groups in total. The molecule has 0 saturated carbocycles. The van der Waals surface area contributed by atoms with Crippen molar-refractivity contribution in [3.8, 4) is 5.95 Å². The predicted octanol–water partition coefficient (Wildman–Crippen LogP) is 1.61. The van der Waals surface area contributed by atoms with Crippen LogP contribution >= 0.6 is 0 Å². The van der Waals surface area contributed by atoms with Crippen LogP contribution in [0.3, 0.4) is 0 Å². The SMILES string of the molecule is CCc1cc(CC)n(-c2nc(N)nc(N(CC)CC)n2)n1. The van der Waals surface area contributed by atoms with Crippen LogP contribution in [-0.2, 0) is 12.8 Å². The number of hydrogen-bond donors (Lipinski definition) is 1. The van der Waals surface area contributed by atoms with Gasteiger partial charge in [0, 0.05) is 18.8 Å². The van der Waals surface area contributed by atoms with E-state index in [2.05, 4.69) is 53.8 Å². The van der Waals surface area contributed by atoms with Crippen LogP contribution in [0.25, 0.3) is 5.95 Å². The molecule has 0 bridgehead atoms. The molecule has 0 atom stereocenters. The first-order valence-corrected chi connectivity index (χ1v) is 7.47. The third-order valence-corrected chi connectivity index (χ3v) is 3.42. The first-order valence-electron chi connectivity index (χ1n) is 7.47. The number of nitrogens with zero attached hydrogens (tertiary/aromatic N) is 6. The van der Waals surface area contributed by atoms with Crippen LogP contribution in [-0.4, -0.2) is 37.8 Å². The van der Waals surface area contributed by atoms with E-state index in [9.17, 15) is 0 Å². The monoisotopic (exact) mass is 289 g/mol. The zero-order valence-corrected chi connectivity index (χ0v) is 13.2. The van der Waals surface area contributed by atoms with Crippen molar-refractivity contribution in [1.82, 2.24) is 24.7 Å². The highest BCUT2D eigenvalue weighted by Crippen LogP contribution is 2.15. The van der Waals surface area contributed by atoms with Crippen molar-refractivity contribution in [2.24, 2.45) is 0 Å². The van der Waals surface area contributed by atoms with Gasteiger partial charge < -0.3 is 10.6 Å². The van der Waals surface area contributed by atoms with Gasteiger partial charge in [-0.25, -0.2) is 4.68 Å². The molecule has 0 amide bonds. The van der Waals surface area contributed by atoms with Gasteiger partial charge in [0.1, 0.15) is 0 Å². The van der Waals surface area contributed by atoms with Crippen LogP contribution in [0.1, 0.15) is 39.1 Å². The molecule has 21 heavy (non-hydrogen) atoms. The van der Waals surface area contributed by atoms with Crippen molar-refractivity contribution in [3.05, 3.63) is 17.5 Å². The number of anilines is 2. The highest BCUT2D eigenvalue weighted by Gasteiger charge is 2.14. The Labute approximate surface area is 125 Å². The fraction of sp³-hybridized carbons (Fsp3) is 0.571. The largest absolute Gasteiger partial charge is 0.368 e. The second kappa shape index (κ2) is 6.51. The summed E-state index contributed by atoms with van der Waals surface area (Å²) in [5, 5.41) is 4.55. The third kappa shape index (κ3) is 3.12. The molecule has 114 valence electrons. The minimum absolute atomic E-state index is 0.220. The Hall–Kier alpha value is -2.18. The molecule has 7 heteroatoms. The van der Waals surface area contributed by atoms with E-state index in [1.807, 2.05) is 4.90 Å². The molecule has 2 heterocycles. The lowest BCUT2D eigenvalue weighted by Gasteiger charge is -2.19. The van der Waals surface area contributed by atoms with E-state index in [-0.39, 0.29) is 5.95 Å². The van der Waals surface area contributed by atoms with Crippen molar-refractivity contribution in [2.75, 3.05) is 23.7 Å². The summed E-state index contributed by atoms with van der Waals surface area (Å²) in [6, 6.07) is 2.08. The minimum atomic E-state index is 0.220. The standard InChI is InChI=1S/C14H23N7/c1-5-10-9-11(6-2)21(19-10)14-17-12(15)16-13(18-14)20(7-3)8-4/h9H,5-8H2,1-4H3,(H2,15,16,17,18). The van der Waals surface area contributed by atoms with Crippen molar-refractivity contribution in [3.63, 3.8) is 0 Å². The van der Waals surface area contributed by atoms with Crippen LogP contribution in [0, 0.1) is 0 Å². The predicted molar refractivity (Wildman–Crippen MR) is 83.7 cm³/mol. The van der Waals surface area contributed by atoms with E-state index in [0.29, 0.717) is 11.9 Å². The summed E-state index contributed by atoms with van der Waals surface area (Å²) in [5.74, 6) is 1.30. The molecule has 0 radical (unpaired) electrons. The lowest BCUT2D eigenvalue weighted by molar-refractivity contribution is 0.727. The van der Waals surface area contributed by atoms with E-state index >= 15 is 0 Å². The van der Waals surface area contributed by atoms with Gasteiger partial charge in [0.25, 0.3) is 5.95 Å². The summed E-state index contributed by atoms with van der Waals surface area (Å²) < 4.78 is 1.77. The van der Waals surface area contributed by atoms with Gasteiger partial charge in [-0.15, -0.1) is 0 Å². The van der Waals surface area contributed by atoms with E-state index in [0.717, 1.165) is 37.3 Å².